The van der Waals surface area contributed by atoms with Gasteiger partial charge in [-0.3, -0.25) is 0 Å². The topological polar surface area (TPSA) is 16.4 Å². The highest BCUT2D eigenvalue weighted by molar-refractivity contribution is 7.26. The van der Waals surface area contributed by atoms with Gasteiger partial charge in [0.2, 0.25) is 0 Å². The molecule has 8 aromatic carbocycles. The Bertz CT molecular complexity index is 2840. The van der Waals surface area contributed by atoms with Crippen molar-refractivity contribution < 1.29 is 4.42 Å². The first-order chi connectivity index (χ1) is 25.8. The summed E-state index contributed by atoms with van der Waals surface area (Å²) >= 11 is 1.86. The number of fused-ring (bicyclic) bond motifs is 6. The van der Waals surface area contributed by atoms with E-state index < -0.39 is 0 Å². The van der Waals surface area contributed by atoms with Crippen LogP contribution in [0.15, 0.2) is 199 Å². The molecule has 0 spiro atoms. The average Bonchev–Trinajstić information content (AvgIpc) is 3.78. The minimum Gasteiger partial charge on any atom is -0.456 e. The maximum atomic E-state index is 6.23. The predicted molar refractivity (Wildman–Crippen MR) is 221 cm³/mol. The Balaban J connectivity index is 1.16. The van der Waals surface area contributed by atoms with E-state index in [1.807, 2.05) is 23.5 Å². The lowest BCUT2D eigenvalue weighted by Crippen LogP contribution is -2.10. The van der Waals surface area contributed by atoms with Crippen molar-refractivity contribution in [3.8, 4) is 11.1 Å². The van der Waals surface area contributed by atoms with Crippen LogP contribution in [0.1, 0.15) is 22.6 Å². The molecule has 0 saturated heterocycles. The molecule has 0 aliphatic carbocycles. The Morgan fingerprint density at radius 2 is 1.06 bits per heavy atom. The van der Waals surface area contributed by atoms with E-state index in [4.69, 9.17) is 4.42 Å². The normalized spacial score (nSPS) is 12.2. The van der Waals surface area contributed by atoms with Crippen LogP contribution in [-0.4, -0.2) is 0 Å². The van der Waals surface area contributed by atoms with Crippen LogP contribution in [0.4, 0.5) is 17.1 Å². The molecule has 2 heterocycles. The van der Waals surface area contributed by atoms with E-state index in [0.29, 0.717) is 0 Å². The first-order valence-electron chi connectivity index (χ1n) is 17.7. The van der Waals surface area contributed by atoms with E-state index in [2.05, 4.69) is 187 Å². The van der Waals surface area contributed by atoms with Gasteiger partial charge in [0, 0.05) is 48.2 Å². The molecule has 10 aromatic rings. The summed E-state index contributed by atoms with van der Waals surface area (Å²) < 4.78 is 8.78. The van der Waals surface area contributed by atoms with Gasteiger partial charge in [-0.1, -0.05) is 133 Å². The van der Waals surface area contributed by atoms with Gasteiger partial charge in [0.1, 0.15) is 11.2 Å². The third kappa shape index (κ3) is 5.26. The number of furan rings is 1. The van der Waals surface area contributed by atoms with Gasteiger partial charge in [0.25, 0.3) is 0 Å². The Hall–Kier alpha value is -6.42. The summed E-state index contributed by atoms with van der Waals surface area (Å²) in [6.45, 7) is 0. The van der Waals surface area contributed by atoms with Crippen LogP contribution in [-0.2, 0) is 0 Å². The lowest BCUT2D eigenvalue weighted by molar-refractivity contribution is 0.669. The van der Waals surface area contributed by atoms with Gasteiger partial charge < -0.3 is 9.32 Å². The Kier molecular flexibility index (Phi) is 7.44. The standard InChI is InChI=1S/C49H33NOS/c1-4-13-33(14-5-1)34-23-25-36(26-24-34)48(35-15-6-2-7-16-35)37-27-30-46-42(31-37)49-43(20-12-22-47(49)52-46)50(38-17-8-3-9-18-38)39-28-29-45-41(32-39)40-19-10-11-21-44(40)51-45/h1-32,48H. The van der Waals surface area contributed by atoms with Crippen LogP contribution >= 0.6 is 11.3 Å². The minimum atomic E-state index is 0.0829. The molecule has 10 rings (SSSR count). The van der Waals surface area contributed by atoms with Crippen LogP contribution in [0.25, 0.3) is 53.2 Å². The molecule has 1 unspecified atom stereocenters. The molecule has 3 heteroatoms. The molecule has 0 bridgehead atoms. The molecule has 52 heavy (non-hydrogen) atoms. The van der Waals surface area contributed by atoms with Crippen molar-refractivity contribution in [2.45, 2.75) is 5.92 Å². The summed E-state index contributed by atoms with van der Waals surface area (Å²) in [5, 5.41) is 4.77. The molecule has 2 nitrogen and oxygen atoms in total. The summed E-state index contributed by atoms with van der Waals surface area (Å²) in [5.74, 6) is 0.0829. The number of rotatable bonds is 7. The van der Waals surface area contributed by atoms with E-state index in [-0.39, 0.29) is 5.92 Å². The Morgan fingerprint density at radius 3 is 1.87 bits per heavy atom. The number of hydrogen-bond acceptors (Lipinski definition) is 3. The molecule has 0 aliphatic heterocycles. The van der Waals surface area contributed by atoms with Crippen molar-refractivity contribution in [3.05, 3.63) is 211 Å². The van der Waals surface area contributed by atoms with Gasteiger partial charge in [-0.05, 0) is 88.5 Å². The smallest absolute Gasteiger partial charge is 0.135 e. The highest BCUT2D eigenvalue weighted by Gasteiger charge is 2.22. The predicted octanol–water partition coefficient (Wildman–Crippen LogP) is 14.3. The number of nitrogens with zero attached hydrogens (tertiary/aromatic N) is 1. The highest BCUT2D eigenvalue weighted by atomic mass is 32.1. The summed E-state index contributed by atoms with van der Waals surface area (Å²) in [5.41, 5.74) is 11.4. The zero-order valence-electron chi connectivity index (χ0n) is 28.3. The number of thiophene rings is 1. The quantitative estimate of drug-likeness (QED) is 0.156. The summed E-state index contributed by atoms with van der Waals surface area (Å²) in [4.78, 5) is 2.40. The third-order valence-corrected chi connectivity index (χ3v) is 11.3. The van der Waals surface area contributed by atoms with Crippen LogP contribution in [0.3, 0.4) is 0 Å². The fourth-order valence-corrected chi connectivity index (χ4v) is 8.88. The molecular formula is C49H33NOS. The van der Waals surface area contributed by atoms with Gasteiger partial charge in [-0.2, -0.15) is 0 Å². The summed E-state index contributed by atoms with van der Waals surface area (Å²) in [6.07, 6.45) is 0. The maximum Gasteiger partial charge on any atom is 0.135 e. The second-order valence-corrected chi connectivity index (χ2v) is 14.4. The van der Waals surface area contributed by atoms with Gasteiger partial charge in [-0.15, -0.1) is 11.3 Å². The average molecular weight is 684 g/mol. The van der Waals surface area contributed by atoms with Crippen LogP contribution in [0.5, 0.6) is 0 Å². The molecular weight excluding hydrogens is 651 g/mol. The Morgan fingerprint density at radius 1 is 0.404 bits per heavy atom. The fourth-order valence-electron chi connectivity index (χ4n) is 7.77. The maximum absolute atomic E-state index is 6.23. The van der Waals surface area contributed by atoms with Crippen molar-refractivity contribution in [2.24, 2.45) is 0 Å². The largest absolute Gasteiger partial charge is 0.456 e. The number of benzene rings is 8. The minimum absolute atomic E-state index is 0.0829. The zero-order valence-corrected chi connectivity index (χ0v) is 29.1. The van der Waals surface area contributed by atoms with Gasteiger partial charge >= 0.3 is 0 Å². The van der Waals surface area contributed by atoms with Crippen molar-refractivity contribution in [1.29, 1.82) is 0 Å². The molecule has 0 aliphatic rings. The molecule has 0 radical (unpaired) electrons. The summed E-state index contributed by atoms with van der Waals surface area (Å²) in [6, 6.07) is 70.0. The molecule has 0 fully saturated rings. The highest BCUT2D eigenvalue weighted by Crippen LogP contribution is 2.47. The van der Waals surface area contributed by atoms with Crippen molar-refractivity contribution >= 4 is 70.5 Å². The molecule has 2 aromatic heterocycles. The molecule has 0 N–H and O–H groups in total. The van der Waals surface area contributed by atoms with E-state index in [9.17, 15) is 0 Å². The van der Waals surface area contributed by atoms with Gasteiger partial charge in [-0.25, -0.2) is 0 Å². The Labute approximate surface area is 306 Å². The second-order valence-electron chi connectivity index (χ2n) is 13.3. The van der Waals surface area contributed by atoms with Crippen molar-refractivity contribution in [1.82, 2.24) is 0 Å². The van der Waals surface area contributed by atoms with Crippen LogP contribution in [0.2, 0.25) is 0 Å². The summed E-state index contributed by atoms with van der Waals surface area (Å²) in [7, 11) is 0. The van der Waals surface area contributed by atoms with E-state index in [1.54, 1.807) is 0 Å². The van der Waals surface area contributed by atoms with Gasteiger partial charge in [0.05, 0.1) is 5.69 Å². The SMILES string of the molecule is c1ccc(-c2ccc(C(c3ccccc3)c3ccc4sc5cccc(N(c6ccccc6)c6ccc7oc8ccccc8c7c6)c5c4c3)cc2)cc1. The number of hydrogen-bond donors (Lipinski definition) is 0. The number of para-hydroxylation sites is 2. The van der Waals surface area contributed by atoms with Crippen molar-refractivity contribution in [3.63, 3.8) is 0 Å². The lowest BCUT2D eigenvalue weighted by atomic mass is 9.84. The molecule has 246 valence electrons. The fraction of sp³-hybridized carbons (Fsp3) is 0.0204. The molecule has 0 amide bonds. The number of anilines is 3. The molecule has 1 atom stereocenters. The first kappa shape index (κ1) is 30.4. The van der Waals surface area contributed by atoms with Crippen LogP contribution < -0.4 is 4.90 Å². The van der Waals surface area contributed by atoms with Crippen LogP contribution in [0, 0.1) is 0 Å². The lowest BCUT2D eigenvalue weighted by Gasteiger charge is -2.26. The zero-order chi connectivity index (χ0) is 34.4. The third-order valence-electron chi connectivity index (χ3n) is 10.2. The first-order valence-corrected chi connectivity index (χ1v) is 18.5. The van der Waals surface area contributed by atoms with E-state index >= 15 is 0 Å². The van der Waals surface area contributed by atoms with E-state index in [0.717, 1.165) is 39.0 Å². The molecule has 0 saturated carbocycles. The van der Waals surface area contributed by atoms with E-state index in [1.165, 1.54) is 48.0 Å². The monoisotopic (exact) mass is 683 g/mol. The van der Waals surface area contributed by atoms with Gasteiger partial charge in [0.15, 0.2) is 0 Å². The second kappa shape index (κ2) is 12.7. The van der Waals surface area contributed by atoms with Crippen molar-refractivity contribution in [2.75, 3.05) is 4.90 Å².